The minimum absolute atomic E-state index is 0.0547. The van der Waals surface area contributed by atoms with Crippen LogP contribution in [0.15, 0.2) is 41.3 Å². The standard InChI is InChI=1S/C28H41N3O6S/c1-7-22(8-2)28(32)31-17-15-30(16-18-31)24-20-23(10-12-25(24)35-4)38(33,34)29(3)14-13-21-9-11-26(36-5)27(19-21)37-6/h9-12,19-20,22H,7-8,13-18H2,1-6H3. The predicted molar refractivity (Wildman–Crippen MR) is 149 cm³/mol. The summed E-state index contributed by atoms with van der Waals surface area (Å²) in [7, 11) is 2.58. The van der Waals surface area contributed by atoms with Gasteiger partial charge in [0, 0.05) is 45.7 Å². The number of methoxy groups -OCH3 is 3. The van der Waals surface area contributed by atoms with Crippen molar-refractivity contribution in [3.63, 3.8) is 0 Å². The Morgan fingerprint density at radius 3 is 2.08 bits per heavy atom. The lowest BCUT2D eigenvalue weighted by molar-refractivity contribution is -0.136. The molecule has 0 saturated carbocycles. The average molecular weight is 548 g/mol. The molecule has 0 radical (unpaired) electrons. The monoisotopic (exact) mass is 547 g/mol. The number of sulfonamides is 1. The summed E-state index contributed by atoms with van der Waals surface area (Å²) >= 11 is 0. The number of amides is 1. The third-order valence-electron chi connectivity index (χ3n) is 7.29. The van der Waals surface area contributed by atoms with E-state index in [1.165, 1.54) is 4.31 Å². The maximum atomic E-state index is 13.5. The van der Waals surface area contributed by atoms with Gasteiger partial charge in [-0.2, -0.15) is 0 Å². The van der Waals surface area contributed by atoms with Crippen LogP contribution in [-0.4, -0.2) is 84.6 Å². The maximum Gasteiger partial charge on any atom is 0.242 e. The minimum Gasteiger partial charge on any atom is -0.495 e. The van der Waals surface area contributed by atoms with Crippen LogP contribution in [0.1, 0.15) is 32.3 Å². The first kappa shape index (κ1) is 29.6. The molecule has 1 aliphatic rings. The molecule has 1 fully saturated rings. The summed E-state index contributed by atoms with van der Waals surface area (Å²) in [5.41, 5.74) is 1.66. The maximum absolute atomic E-state index is 13.5. The summed E-state index contributed by atoms with van der Waals surface area (Å²) in [5, 5.41) is 0. The number of rotatable bonds is 12. The number of hydrogen-bond acceptors (Lipinski definition) is 7. The molecule has 0 N–H and O–H groups in total. The molecule has 0 unspecified atom stereocenters. The predicted octanol–water partition coefficient (Wildman–Crippen LogP) is 3.66. The number of carbonyl (C=O) groups excluding carboxylic acids is 1. The second-order valence-corrected chi connectivity index (χ2v) is 11.5. The Morgan fingerprint density at radius 2 is 1.50 bits per heavy atom. The molecule has 1 heterocycles. The molecule has 1 saturated heterocycles. The molecule has 9 nitrogen and oxygen atoms in total. The number of nitrogens with zero attached hydrogens (tertiary/aromatic N) is 3. The van der Waals surface area contributed by atoms with Crippen molar-refractivity contribution in [2.24, 2.45) is 5.92 Å². The summed E-state index contributed by atoms with van der Waals surface area (Å²) < 4.78 is 44.5. The second kappa shape index (κ2) is 13.2. The van der Waals surface area contributed by atoms with E-state index in [2.05, 4.69) is 4.90 Å². The van der Waals surface area contributed by atoms with Crippen LogP contribution in [-0.2, 0) is 21.2 Å². The molecule has 1 aliphatic heterocycles. The molecule has 2 aromatic rings. The Morgan fingerprint density at radius 1 is 0.895 bits per heavy atom. The van der Waals surface area contributed by atoms with Crippen molar-refractivity contribution in [3.05, 3.63) is 42.0 Å². The average Bonchev–Trinajstić information content (AvgIpc) is 2.95. The largest absolute Gasteiger partial charge is 0.495 e. The Kier molecular flexibility index (Phi) is 10.3. The number of hydrogen-bond donors (Lipinski definition) is 0. The van der Waals surface area contributed by atoms with Gasteiger partial charge < -0.3 is 24.0 Å². The van der Waals surface area contributed by atoms with Crippen LogP contribution in [0.3, 0.4) is 0 Å². The highest BCUT2D eigenvalue weighted by Crippen LogP contribution is 2.33. The molecule has 2 aromatic carbocycles. The number of piperazine rings is 1. The van der Waals surface area contributed by atoms with E-state index in [1.54, 1.807) is 46.6 Å². The normalized spacial score (nSPS) is 14.2. The molecule has 10 heteroatoms. The van der Waals surface area contributed by atoms with E-state index in [-0.39, 0.29) is 16.7 Å². The van der Waals surface area contributed by atoms with E-state index >= 15 is 0 Å². The highest BCUT2D eigenvalue weighted by atomic mass is 32.2. The number of anilines is 1. The van der Waals surface area contributed by atoms with Gasteiger partial charge in [-0.25, -0.2) is 12.7 Å². The quantitative estimate of drug-likeness (QED) is 0.401. The summed E-state index contributed by atoms with van der Waals surface area (Å²) in [6.07, 6.45) is 2.19. The van der Waals surface area contributed by atoms with Crippen LogP contribution >= 0.6 is 0 Å². The molecule has 0 aromatic heterocycles. The summed E-state index contributed by atoms with van der Waals surface area (Å²) in [6, 6.07) is 10.5. The van der Waals surface area contributed by atoms with E-state index in [9.17, 15) is 13.2 Å². The van der Waals surface area contributed by atoms with Gasteiger partial charge in [0.2, 0.25) is 15.9 Å². The molecule has 210 valence electrons. The van der Waals surface area contributed by atoms with Gasteiger partial charge in [-0.15, -0.1) is 0 Å². The van der Waals surface area contributed by atoms with Crippen molar-refractivity contribution in [1.82, 2.24) is 9.21 Å². The fraction of sp³-hybridized carbons (Fsp3) is 0.536. The van der Waals surface area contributed by atoms with Crippen molar-refractivity contribution in [1.29, 1.82) is 0 Å². The fourth-order valence-corrected chi connectivity index (χ4v) is 5.96. The zero-order valence-electron chi connectivity index (χ0n) is 23.4. The molecule has 0 bridgehead atoms. The molecule has 0 aliphatic carbocycles. The van der Waals surface area contributed by atoms with E-state index in [1.807, 2.05) is 36.9 Å². The molecular formula is C28H41N3O6S. The van der Waals surface area contributed by atoms with Crippen molar-refractivity contribution in [3.8, 4) is 17.2 Å². The van der Waals surface area contributed by atoms with E-state index in [4.69, 9.17) is 14.2 Å². The lowest BCUT2D eigenvalue weighted by Crippen LogP contribution is -2.50. The first-order valence-electron chi connectivity index (χ1n) is 13.1. The van der Waals surface area contributed by atoms with Crippen LogP contribution in [0, 0.1) is 5.92 Å². The van der Waals surface area contributed by atoms with Crippen molar-refractivity contribution in [2.75, 3.05) is 66.0 Å². The van der Waals surface area contributed by atoms with E-state index in [0.717, 1.165) is 24.1 Å². The highest BCUT2D eigenvalue weighted by Gasteiger charge is 2.28. The topological polar surface area (TPSA) is 88.6 Å². The van der Waals surface area contributed by atoms with Gasteiger partial charge in [0.25, 0.3) is 0 Å². The lowest BCUT2D eigenvalue weighted by atomic mass is 10.0. The van der Waals surface area contributed by atoms with Gasteiger partial charge in [0.15, 0.2) is 11.5 Å². The Labute approximate surface area is 227 Å². The Balaban J connectivity index is 1.73. The van der Waals surface area contributed by atoms with Gasteiger partial charge in [0.1, 0.15) is 5.75 Å². The molecular weight excluding hydrogens is 506 g/mol. The summed E-state index contributed by atoms with van der Waals surface area (Å²) in [4.78, 5) is 17.0. The zero-order valence-corrected chi connectivity index (χ0v) is 24.2. The smallest absolute Gasteiger partial charge is 0.242 e. The molecule has 0 spiro atoms. The van der Waals surface area contributed by atoms with Crippen LogP contribution in [0.5, 0.6) is 17.2 Å². The lowest BCUT2D eigenvalue weighted by Gasteiger charge is -2.38. The van der Waals surface area contributed by atoms with Gasteiger partial charge >= 0.3 is 0 Å². The van der Waals surface area contributed by atoms with E-state index < -0.39 is 10.0 Å². The molecule has 3 rings (SSSR count). The zero-order chi connectivity index (χ0) is 27.9. The molecule has 1 amide bonds. The van der Waals surface area contributed by atoms with Gasteiger partial charge in [0.05, 0.1) is 31.9 Å². The molecule has 0 atom stereocenters. The van der Waals surface area contributed by atoms with Crippen molar-refractivity contribution >= 4 is 21.6 Å². The van der Waals surface area contributed by atoms with Crippen LogP contribution in [0.4, 0.5) is 5.69 Å². The number of ether oxygens (including phenoxy) is 3. The summed E-state index contributed by atoms with van der Waals surface area (Å²) in [5.74, 6) is 2.10. The van der Waals surface area contributed by atoms with Crippen molar-refractivity contribution < 1.29 is 27.4 Å². The summed E-state index contributed by atoms with van der Waals surface area (Å²) in [6.45, 7) is 6.81. The number of carbonyl (C=O) groups is 1. The fourth-order valence-electron chi connectivity index (χ4n) is 4.76. The first-order valence-corrected chi connectivity index (χ1v) is 14.5. The SMILES string of the molecule is CCC(CC)C(=O)N1CCN(c2cc(S(=O)(=O)N(C)CCc3ccc(OC)c(OC)c3)ccc2OC)CC1. The minimum atomic E-state index is -3.74. The third kappa shape index (κ3) is 6.53. The highest BCUT2D eigenvalue weighted by molar-refractivity contribution is 7.89. The Hall–Kier alpha value is -2.98. The number of likely N-dealkylation sites (N-methyl/N-ethyl adjacent to an activating group) is 1. The van der Waals surface area contributed by atoms with Crippen LogP contribution in [0.25, 0.3) is 0 Å². The van der Waals surface area contributed by atoms with Crippen LogP contribution in [0.2, 0.25) is 0 Å². The van der Waals surface area contributed by atoms with E-state index in [0.29, 0.717) is 56.4 Å². The van der Waals surface area contributed by atoms with Gasteiger partial charge in [-0.1, -0.05) is 19.9 Å². The van der Waals surface area contributed by atoms with Crippen molar-refractivity contribution in [2.45, 2.75) is 38.0 Å². The molecule has 38 heavy (non-hydrogen) atoms. The number of benzene rings is 2. The van der Waals surface area contributed by atoms with Gasteiger partial charge in [-0.3, -0.25) is 4.79 Å². The first-order chi connectivity index (χ1) is 18.2. The van der Waals surface area contributed by atoms with Crippen LogP contribution < -0.4 is 19.1 Å². The third-order valence-corrected chi connectivity index (χ3v) is 9.14. The Bertz CT molecular complexity index is 1190. The second-order valence-electron chi connectivity index (χ2n) is 9.43. The van der Waals surface area contributed by atoms with Gasteiger partial charge in [-0.05, 0) is 55.2 Å².